The summed E-state index contributed by atoms with van der Waals surface area (Å²) in [6.45, 7) is 8.48. The number of fused-ring (bicyclic) bond motifs is 3. The van der Waals surface area contributed by atoms with Crippen molar-refractivity contribution in [3.05, 3.63) is 92.1 Å². The number of imide groups is 1. The normalized spacial score (nSPS) is 19.8. The van der Waals surface area contributed by atoms with Gasteiger partial charge in [-0.25, -0.2) is 4.79 Å². The Bertz CT molecular complexity index is 2640. The summed E-state index contributed by atoms with van der Waals surface area (Å²) in [5.74, 6) is 0.254. The number of nitriles is 1. The van der Waals surface area contributed by atoms with Crippen molar-refractivity contribution in [3.63, 3.8) is 0 Å². The fourth-order valence-corrected chi connectivity index (χ4v) is 10.0. The molecule has 1 atom stereocenters. The number of piperidine rings is 3. The number of carbonyl (C=O) groups excluding carboxylic acids is 2. The highest BCUT2D eigenvalue weighted by Gasteiger charge is 2.33. The zero-order valence-electron chi connectivity index (χ0n) is 33.8. The number of aromatic nitrogens is 3. The third-order valence-electron chi connectivity index (χ3n) is 13.4. The number of rotatable bonds is 6. The minimum absolute atomic E-state index is 0.0232. The van der Waals surface area contributed by atoms with Gasteiger partial charge in [0.2, 0.25) is 11.8 Å². The Morgan fingerprint density at radius 1 is 0.741 bits per heavy atom. The second-order valence-electron chi connectivity index (χ2n) is 16.9. The first kappa shape index (κ1) is 37.7. The van der Waals surface area contributed by atoms with Crippen LogP contribution in [0, 0.1) is 24.2 Å². The van der Waals surface area contributed by atoms with Gasteiger partial charge in [0.05, 0.1) is 45.2 Å². The Morgan fingerprint density at radius 3 is 2.26 bits per heavy atom. The number of hydrogen-bond acceptors (Lipinski definition) is 9. The first-order chi connectivity index (χ1) is 28.0. The maximum absolute atomic E-state index is 13.3. The molecule has 58 heavy (non-hydrogen) atoms. The minimum atomic E-state index is -0.701. The molecule has 4 aliphatic heterocycles. The van der Waals surface area contributed by atoms with Crippen LogP contribution in [0.5, 0.6) is 0 Å². The second kappa shape index (κ2) is 14.8. The van der Waals surface area contributed by atoms with E-state index < -0.39 is 11.9 Å². The Morgan fingerprint density at radius 2 is 1.52 bits per heavy atom. The van der Waals surface area contributed by atoms with Crippen molar-refractivity contribution in [3.8, 4) is 6.07 Å². The molecule has 2 aromatic heterocycles. The van der Waals surface area contributed by atoms with Crippen LogP contribution in [-0.4, -0.2) is 83.3 Å². The van der Waals surface area contributed by atoms with E-state index in [0.29, 0.717) is 23.8 Å². The van der Waals surface area contributed by atoms with E-state index in [1.165, 1.54) is 5.56 Å². The SMILES string of the molecule is Cc1cc2c(N3CCN(C)c4ccc(C#N)cc43)cc(C3CCN(CC4CCN(c5ccc6c(c5)n(C5CCC(=O)NC5=O)c(=O)n6C)CC4)CC3)cc2n(C)c1=O. The van der Waals surface area contributed by atoms with E-state index in [9.17, 15) is 24.4 Å². The average Bonchev–Trinajstić information content (AvgIpc) is 3.48. The number of imidazole rings is 1. The predicted molar refractivity (Wildman–Crippen MR) is 227 cm³/mol. The third kappa shape index (κ3) is 6.53. The molecule has 3 saturated heterocycles. The van der Waals surface area contributed by atoms with Gasteiger partial charge in [-0.2, -0.15) is 5.26 Å². The van der Waals surface area contributed by atoms with Gasteiger partial charge in [-0.1, -0.05) is 0 Å². The third-order valence-corrected chi connectivity index (χ3v) is 13.4. The Balaban J connectivity index is 0.890. The summed E-state index contributed by atoms with van der Waals surface area (Å²) in [4.78, 5) is 60.7. The Hall–Kier alpha value is -5.87. The lowest BCUT2D eigenvalue weighted by molar-refractivity contribution is -0.135. The van der Waals surface area contributed by atoms with E-state index >= 15 is 0 Å². The number of likely N-dealkylation sites (N-methyl/N-ethyl adjacent to an activating group) is 1. The number of likely N-dealkylation sites (tertiary alicyclic amines) is 1. The maximum atomic E-state index is 13.3. The summed E-state index contributed by atoms with van der Waals surface area (Å²) in [5.41, 5.74) is 9.09. The van der Waals surface area contributed by atoms with Crippen molar-refractivity contribution in [1.29, 1.82) is 5.26 Å². The van der Waals surface area contributed by atoms with Gasteiger partial charge in [0.15, 0.2) is 0 Å². The monoisotopic (exact) mass is 781 g/mol. The van der Waals surface area contributed by atoms with E-state index in [-0.39, 0.29) is 23.6 Å². The summed E-state index contributed by atoms with van der Waals surface area (Å²) in [6.07, 6.45) is 4.79. The quantitative estimate of drug-likeness (QED) is 0.236. The number of anilines is 4. The highest BCUT2D eigenvalue weighted by Crippen LogP contribution is 2.43. The lowest BCUT2D eigenvalue weighted by atomic mass is 9.87. The summed E-state index contributed by atoms with van der Waals surface area (Å²) in [6, 6.07) is 20.3. The molecule has 2 amide bonds. The number of hydrogen-bond donors (Lipinski definition) is 1. The number of carbonyl (C=O) groups is 2. The molecule has 0 spiro atoms. The predicted octanol–water partition coefficient (Wildman–Crippen LogP) is 5.03. The van der Waals surface area contributed by atoms with Crippen LogP contribution < -0.4 is 31.3 Å². The molecule has 13 nitrogen and oxygen atoms in total. The molecule has 6 heterocycles. The van der Waals surface area contributed by atoms with Gasteiger partial charge in [-0.15, -0.1) is 0 Å². The first-order valence-corrected chi connectivity index (χ1v) is 20.7. The van der Waals surface area contributed by atoms with Gasteiger partial charge in [0, 0.05) is 76.9 Å². The topological polar surface area (TPSA) is 132 Å². The van der Waals surface area contributed by atoms with Crippen LogP contribution in [0.25, 0.3) is 21.9 Å². The molecule has 1 N–H and O–H groups in total. The number of aryl methyl sites for hydroxylation is 3. The van der Waals surface area contributed by atoms with E-state index in [2.05, 4.69) is 56.2 Å². The molecule has 5 aromatic rings. The standard InChI is InChI=1S/C45H51N9O4/c1-28-21-34-38(49(3)44(28)57)23-32(24-39(34)53-20-19-48(2)35-7-5-30(26-46)22-40(35)53)31-13-15-51(16-14-31)27-29-11-17-52(18-12-29)33-6-8-36-41(25-33)54(45(58)50(36)4)37-9-10-42(55)47-43(37)56/h5-8,21-25,29,31,37H,9-20,27H2,1-4H3,(H,47,55,56). The molecule has 0 saturated carbocycles. The lowest BCUT2D eigenvalue weighted by Crippen LogP contribution is -2.44. The number of nitrogens with zero attached hydrogens (tertiary/aromatic N) is 8. The molecule has 0 aliphatic carbocycles. The van der Waals surface area contributed by atoms with Gasteiger partial charge in [0.1, 0.15) is 6.04 Å². The van der Waals surface area contributed by atoms with Crippen LogP contribution in [-0.2, 0) is 23.7 Å². The van der Waals surface area contributed by atoms with Crippen molar-refractivity contribution in [2.24, 2.45) is 20.0 Å². The van der Waals surface area contributed by atoms with Gasteiger partial charge in [-0.3, -0.25) is 28.8 Å². The van der Waals surface area contributed by atoms with Crippen molar-refractivity contribution in [2.75, 3.05) is 67.6 Å². The van der Waals surface area contributed by atoms with Crippen LogP contribution in [0.3, 0.4) is 0 Å². The fourth-order valence-electron chi connectivity index (χ4n) is 10.0. The smallest absolute Gasteiger partial charge is 0.329 e. The molecule has 0 bridgehead atoms. The van der Waals surface area contributed by atoms with Crippen molar-refractivity contribution >= 4 is 56.5 Å². The van der Waals surface area contributed by atoms with Crippen molar-refractivity contribution < 1.29 is 9.59 Å². The summed E-state index contributed by atoms with van der Waals surface area (Å²) < 4.78 is 4.95. The van der Waals surface area contributed by atoms with Crippen LogP contribution >= 0.6 is 0 Å². The number of benzene rings is 3. The Kier molecular flexibility index (Phi) is 9.63. The molecule has 0 radical (unpaired) electrons. The van der Waals surface area contributed by atoms with Gasteiger partial charge < -0.3 is 24.2 Å². The summed E-state index contributed by atoms with van der Waals surface area (Å²) >= 11 is 0. The molecule has 9 rings (SSSR count). The van der Waals surface area contributed by atoms with Crippen LogP contribution in [0.15, 0.2) is 64.2 Å². The molecule has 4 aliphatic rings. The van der Waals surface area contributed by atoms with E-state index in [4.69, 9.17) is 0 Å². The fraction of sp³-hybridized carbons (Fsp3) is 0.444. The van der Waals surface area contributed by atoms with Crippen LogP contribution in [0.1, 0.15) is 67.2 Å². The van der Waals surface area contributed by atoms with E-state index in [0.717, 1.165) is 122 Å². The van der Waals surface area contributed by atoms with E-state index in [1.807, 2.05) is 50.4 Å². The van der Waals surface area contributed by atoms with Crippen molar-refractivity contribution in [2.45, 2.75) is 57.4 Å². The van der Waals surface area contributed by atoms with Gasteiger partial charge in [0.25, 0.3) is 5.56 Å². The number of pyridine rings is 1. The highest BCUT2D eigenvalue weighted by molar-refractivity contribution is 6.00. The maximum Gasteiger partial charge on any atom is 0.329 e. The zero-order chi connectivity index (χ0) is 40.4. The molecule has 3 aromatic carbocycles. The zero-order valence-corrected chi connectivity index (χ0v) is 33.8. The molecule has 13 heteroatoms. The lowest BCUT2D eigenvalue weighted by Gasteiger charge is -2.39. The highest BCUT2D eigenvalue weighted by atomic mass is 16.2. The molecule has 1 unspecified atom stereocenters. The van der Waals surface area contributed by atoms with Crippen LogP contribution in [0.2, 0.25) is 0 Å². The second-order valence-corrected chi connectivity index (χ2v) is 16.9. The summed E-state index contributed by atoms with van der Waals surface area (Å²) in [5, 5.41) is 13.2. The first-order valence-electron chi connectivity index (χ1n) is 20.7. The van der Waals surface area contributed by atoms with Gasteiger partial charge >= 0.3 is 5.69 Å². The number of nitrogens with one attached hydrogen (secondary N) is 1. The molecular formula is C45H51N9O4. The number of amides is 2. The average molecular weight is 782 g/mol. The molecule has 300 valence electrons. The molecular weight excluding hydrogens is 731 g/mol. The van der Waals surface area contributed by atoms with Crippen LogP contribution in [0.4, 0.5) is 22.7 Å². The Labute approximate surface area is 337 Å². The molecule has 3 fully saturated rings. The minimum Gasteiger partial charge on any atom is -0.371 e. The van der Waals surface area contributed by atoms with E-state index in [1.54, 1.807) is 20.7 Å². The summed E-state index contributed by atoms with van der Waals surface area (Å²) in [7, 11) is 5.70. The van der Waals surface area contributed by atoms with Crippen molar-refractivity contribution in [1.82, 2.24) is 23.9 Å². The largest absolute Gasteiger partial charge is 0.371 e. The van der Waals surface area contributed by atoms with Gasteiger partial charge in [-0.05, 0) is 124 Å².